The first-order valence-electron chi connectivity index (χ1n) is 11.2. The number of nitrogens with zero attached hydrogens (tertiary/aromatic N) is 1. The molecule has 2 aromatic carbocycles. The third-order valence-corrected chi connectivity index (χ3v) is 6.00. The van der Waals surface area contributed by atoms with Crippen LogP contribution in [0, 0.1) is 5.82 Å². The summed E-state index contributed by atoms with van der Waals surface area (Å²) in [5.74, 6) is -0.152. The van der Waals surface area contributed by atoms with E-state index in [1.165, 1.54) is 12.1 Å². The van der Waals surface area contributed by atoms with Crippen molar-refractivity contribution in [2.24, 2.45) is 0 Å². The van der Waals surface area contributed by atoms with E-state index >= 15 is 0 Å². The van der Waals surface area contributed by atoms with Crippen LogP contribution in [0.3, 0.4) is 0 Å². The summed E-state index contributed by atoms with van der Waals surface area (Å²) in [6.45, 7) is 2.51. The van der Waals surface area contributed by atoms with Gasteiger partial charge in [0.15, 0.2) is 0 Å². The fraction of sp³-hybridized carbons (Fsp3) is 0.360. The van der Waals surface area contributed by atoms with Crippen molar-refractivity contribution in [1.29, 1.82) is 0 Å². The van der Waals surface area contributed by atoms with E-state index in [-0.39, 0.29) is 49.5 Å². The first-order valence-corrected chi connectivity index (χ1v) is 11.2. The lowest BCUT2D eigenvalue weighted by molar-refractivity contribution is -0.118. The summed E-state index contributed by atoms with van der Waals surface area (Å²) in [5.41, 5.74) is 2.23. The smallest absolute Gasteiger partial charge is 0.318 e. The summed E-state index contributed by atoms with van der Waals surface area (Å²) >= 11 is 0. The Hall–Kier alpha value is -3.39. The first-order chi connectivity index (χ1) is 16.0. The van der Waals surface area contributed by atoms with Crippen molar-refractivity contribution in [3.05, 3.63) is 77.1 Å². The molecule has 1 aliphatic carbocycles. The second-order valence-corrected chi connectivity index (χ2v) is 8.17. The van der Waals surface area contributed by atoms with Crippen LogP contribution >= 0.6 is 0 Å². The van der Waals surface area contributed by atoms with Crippen LogP contribution in [0.1, 0.15) is 30.4 Å². The molecular weight excluding hydrogens is 425 g/mol. The lowest BCUT2D eigenvalue weighted by Crippen LogP contribution is -2.49. The minimum Gasteiger partial charge on any atom is -0.489 e. The highest BCUT2D eigenvalue weighted by Gasteiger charge is 2.44. The number of carbonyl (C=O) groups excluding carboxylic acids is 2. The van der Waals surface area contributed by atoms with Crippen LogP contribution in [0.4, 0.5) is 9.18 Å². The number of hydrogen-bond acceptors (Lipinski definition) is 4. The molecule has 2 aromatic rings. The molecule has 0 aromatic heterocycles. The van der Waals surface area contributed by atoms with Gasteiger partial charge in [-0.3, -0.25) is 4.79 Å². The zero-order valence-electron chi connectivity index (χ0n) is 18.5. The molecule has 2 aliphatic rings. The molecule has 0 saturated carbocycles. The molecule has 4 rings (SSSR count). The SMILES string of the molecule is CCNC(=O)N(Cc1ccc(F)cc1)C1C=C(C(=O)NCCO)C2c3ccccc3OC2C1. The van der Waals surface area contributed by atoms with Crippen LogP contribution < -0.4 is 15.4 Å². The summed E-state index contributed by atoms with van der Waals surface area (Å²) < 4.78 is 19.6. The Balaban J connectivity index is 1.69. The van der Waals surface area contributed by atoms with E-state index in [1.807, 2.05) is 37.3 Å². The Labute approximate surface area is 192 Å². The van der Waals surface area contributed by atoms with Gasteiger partial charge in [-0.1, -0.05) is 36.4 Å². The third-order valence-electron chi connectivity index (χ3n) is 6.00. The Kier molecular flexibility index (Phi) is 6.93. The molecule has 3 N–H and O–H groups in total. The van der Waals surface area contributed by atoms with Crippen LogP contribution in [0.15, 0.2) is 60.2 Å². The topological polar surface area (TPSA) is 90.9 Å². The number of urea groups is 1. The predicted molar refractivity (Wildman–Crippen MR) is 121 cm³/mol. The van der Waals surface area contributed by atoms with Crippen LogP contribution in [-0.2, 0) is 11.3 Å². The molecule has 3 amide bonds. The van der Waals surface area contributed by atoms with Crippen molar-refractivity contribution in [3.8, 4) is 5.75 Å². The Bertz CT molecular complexity index is 1040. The molecular formula is C25H28FN3O4. The molecule has 7 nitrogen and oxygen atoms in total. The van der Waals surface area contributed by atoms with Gasteiger partial charge in [-0.05, 0) is 30.7 Å². The number of halogens is 1. The van der Waals surface area contributed by atoms with E-state index < -0.39 is 6.04 Å². The van der Waals surface area contributed by atoms with Crippen molar-refractivity contribution in [3.63, 3.8) is 0 Å². The molecule has 3 unspecified atom stereocenters. The molecule has 1 aliphatic heterocycles. The number of amides is 3. The van der Waals surface area contributed by atoms with Gasteiger partial charge in [0.05, 0.1) is 18.6 Å². The van der Waals surface area contributed by atoms with Crippen molar-refractivity contribution < 1.29 is 23.8 Å². The highest BCUT2D eigenvalue weighted by atomic mass is 19.1. The van der Waals surface area contributed by atoms with Crippen molar-refractivity contribution in [1.82, 2.24) is 15.5 Å². The molecule has 174 valence electrons. The number of carbonyl (C=O) groups is 2. The van der Waals surface area contributed by atoms with Gasteiger partial charge in [0.25, 0.3) is 0 Å². The van der Waals surface area contributed by atoms with Gasteiger partial charge in [-0.15, -0.1) is 0 Å². The fourth-order valence-corrected chi connectivity index (χ4v) is 4.53. The number of para-hydroxylation sites is 1. The number of nitrogens with one attached hydrogen (secondary N) is 2. The number of aliphatic hydroxyl groups excluding tert-OH is 1. The highest BCUT2D eigenvalue weighted by Crippen LogP contribution is 2.47. The van der Waals surface area contributed by atoms with E-state index in [4.69, 9.17) is 9.84 Å². The lowest BCUT2D eigenvalue weighted by atomic mass is 9.79. The average molecular weight is 454 g/mol. The number of hydrogen-bond donors (Lipinski definition) is 3. The largest absolute Gasteiger partial charge is 0.489 e. The molecule has 0 spiro atoms. The Morgan fingerprint density at radius 1 is 1.15 bits per heavy atom. The lowest BCUT2D eigenvalue weighted by Gasteiger charge is -2.37. The van der Waals surface area contributed by atoms with E-state index in [1.54, 1.807) is 17.0 Å². The van der Waals surface area contributed by atoms with Gasteiger partial charge in [0.2, 0.25) is 5.91 Å². The summed E-state index contributed by atoms with van der Waals surface area (Å²) in [5, 5.41) is 14.7. The maximum Gasteiger partial charge on any atom is 0.318 e. The van der Waals surface area contributed by atoms with Gasteiger partial charge >= 0.3 is 6.03 Å². The number of rotatable bonds is 7. The molecule has 3 atom stereocenters. The van der Waals surface area contributed by atoms with Gasteiger partial charge in [-0.25, -0.2) is 9.18 Å². The quantitative estimate of drug-likeness (QED) is 0.601. The summed E-state index contributed by atoms with van der Waals surface area (Å²) in [6.07, 6.45) is 2.03. The molecule has 8 heteroatoms. The van der Waals surface area contributed by atoms with Gasteiger partial charge in [-0.2, -0.15) is 0 Å². The van der Waals surface area contributed by atoms with Crippen molar-refractivity contribution >= 4 is 11.9 Å². The molecule has 1 heterocycles. The van der Waals surface area contributed by atoms with E-state index in [2.05, 4.69) is 10.6 Å². The molecule has 0 saturated heterocycles. The Morgan fingerprint density at radius 3 is 2.64 bits per heavy atom. The second-order valence-electron chi connectivity index (χ2n) is 8.17. The molecule has 0 bridgehead atoms. The zero-order valence-corrected chi connectivity index (χ0v) is 18.5. The zero-order chi connectivity index (χ0) is 23.4. The predicted octanol–water partition coefficient (Wildman–Crippen LogP) is 2.71. The first kappa shape index (κ1) is 22.8. The van der Waals surface area contributed by atoms with Crippen LogP contribution in [0.5, 0.6) is 5.75 Å². The minimum atomic E-state index is -0.410. The monoisotopic (exact) mass is 453 g/mol. The van der Waals surface area contributed by atoms with Crippen LogP contribution in [0.25, 0.3) is 0 Å². The molecule has 0 radical (unpaired) electrons. The standard InChI is InChI=1S/C25H28FN3O4/c1-2-27-25(32)29(15-16-7-9-17(26)10-8-16)18-13-20(24(31)28-11-12-30)23-19-5-3-4-6-21(19)33-22(23)14-18/h3-10,13,18,22-23,30H,2,11-12,14-15H2,1H3,(H,27,32)(H,28,31). The second kappa shape index (κ2) is 10.0. The van der Waals surface area contributed by atoms with Gasteiger partial charge in [0.1, 0.15) is 17.7 Å². The van der Waals surface area contributed by atoms with E-state index in [9.17, 15) is 14.0 Å². The summed E-state index contributed by atoms with van der Waals surface area (Å²) in [4.78, 5) is 27.7. The van der Waals surface area contributed by atoms with Crippen LogP contribution in [0.2, 0.25) is 0 Å². The third kappa shape index (κ3) is 4.85. The minimum absolute atomic E-state index is 0.135. The summed E-state index contributed by atoms with van der Waals surface area (Å²) in [6, 6.07) is 13.0. The van der Waals surface area contributed by atoms with Gasteiger partial charge in [0, 0.05) is 37.2 Å². The number of ether oxygens (including phenoxy) is 1. The van der Waals surface area contributed by atoms with Crippen molar-refractivity contribution in [2.75, 3.05) is 19.7 Å². The maximum absolute atomic E-state index is 13.4. The van der Waals surface area contributed by atoms with E-state index in [0.29, 0.717) is 18.5 Å². The average Bonchev–Trinajstić information content (AvgIpc) is 3.20. The number of benzene rings is 2. The highest BCUT2D eigenvalue weighted by molar-refractivity contribution is 5.96. The number of aliphatic hydroxyl groups is 1. The molecule has 33 heavy (non-hydrogen) atoms. The normalized spacial score (nSPS) is 20.7. The number of fused-ring (bicyclic) bond motifs is 3. The van der Waals surface area contributed by atoms with Gasteiger partial charge < -0.3 is 25.4 Å². The summed E-state index contributed by atoms with van der Waals surface area (Å²) in [7, 11) is 0. The van der Waals surface area contributed by atoms with Crippen LogP contribution in [-0.4, -0.2) is 53.8 Å². The van der Waals surface area contributed by atoms with Crippen molar-refractivity contribution in [2.45, 2.75) is 38.0 Å². The molecule has 0 fully saturated rings. The fourth-order valence-electron chi connectivity index (χ4n) is 4.53. The van der Waals surface area contributed by atoms with E-state index in [0.717, 1.165) is 16.9 Å². The maximum atomic E-state index is 13.4. The Morgan fingerprint density at radius 2 is 1.91 bits per heavy atom.